The molecule has 0 radical (unpaired) electrons. The molecule has 0 bridgehead atoms. The summed E-state index contributed by atoms with van der Waals surface area (Å²) in [6.45, 7) is 0. The molecule has 4 heteroatoms. The minimum absolute atomic E-state index is 0.0588. The Morgan fingerprint density at radius 2 is 2.12 bits per heavy atom. The summed E-state index contributed by atoms with van der Waals surface area (Å²) >= 11 is 6.10. The van der Waals surface area contributed by atoms with Gasteiger partial charge in [-0.3, -0.25) is 10.1 Å². The van der Waals surface area contributed by atoms with Crippen molar-refractivity contribution in [2.45, 2.75) is 31.3 Å². The minimum Gasteiger partial charge on any atom is -0.480 e. The average molecular weight is 240 g/mol. The molecule has 0 spiro atoms. The monoisotopic (exact) mass is 239 g/mol. The molecule has 1 saturated heterocycles. The van der Waals surface area contributed by atoms with Crippen molar-refractivity contribution < 1.29 is 9.90 Å². The van der Waals surface area contributed by atoms with Crippen LogP contribution in [0.25, 0.3) is 0 Å². The second kappa shape index (κ2) is 4.85. The number of piperidine rings is 1. The number of carboxylic acids is 1. The first-order valence-corrected chi connectivity index (χ1v) is 5.79. The summed E-state index contributed by atoms with van der Waals surface area (Å²) in [7, 11) is 0. The second-order valence-corrected chi connectivity index (χ2v) is 4.47. The summed E-state index contributed by atoms with van der Waals surface area (Å²) in [6, 6.07) is 7.20. The number of halogens is 1. The highest BCUT2D eigenvalue weighted by atomic mass is 35.5. The smallest absolute Gasteiger partial charge is 0.320 e. The van der Waals surface area contributed by atoms with Crippen molar-refractivity contribution >= 4 is 17.6 Å². The van der Waals surface area contributed by atoms with Crippen molar-refractivity contribution in [3.63, 3.8) is 0 Å². The van der Waals surface area contributed by atoms with Crippen LogP contribution in [0.2, 0.25) is 5.02 Å². The predicted octanol–water partition coefficient (Wildman–Crippen LogP) is 2.61. The van der Waals surface area contributed by atoms with Crippen LogP contribution >= 0.6 is 11.6 Å². The number of hydrogen-bond acceptors (Lipinski definition) is 2. The number of carbonyl (C=O) groups is 1. The van der Waals surface area contributed by atoms with Gasteiger partial charge < -0.3 is 5.11 Å². The highest BCUT2D eigenvalue weighted by Crippen LogP contribution is 2.30. The van der Waals surface area contributed by atoms with Crippen LogP contribution in [-0.4, -0.2) is 17.1 Å². The van der Waals surface area contributed by atoms with Crippen molar-refractivity contribution in [3.05, 3.63) is 34.9 Å². The molecule has 2 atom stereocenters. The SMILES string of the molecule is O=C(O)C1CCCC(c2ccccc2Cl)N1. The molecule has 1 aliphatic heterocycles. The normalized spacial score (nSPS) is 25.3. The molecule has 2 N–H and O–H groups in total. The van der Waals surface area contributed by atoms with Gasteiger partial charge in [-0.15, -0.1) is 0 Å². The standard InChI is InChI=1S/C12H14ClNO2/c13-9-5-2-1-4-8(9)10-6-3-7-11(14-10)12(15)16/h1-2,4-5,10-11,14H,3,6-7H2,(H,15,16). The van der Waals surface area contributed by atoms with Gasteiger partial charge in [-0.25, -0.2) is 0 Å². The van der Waals surface area contributed by atoms with Gasteiger partial charge in [0.1, 0.15) is 6.04 Å². The van der Waals surface area contributed by atoms with E-state index < -0.39 is 12.0 Å². The Morgan fingerprint density at radius 1 is 1.38 bits per heavy atom. The van der Waals surface area contributed by atoms with Crippen LogP contribution in [0.15, 0.2) is 24.3 Å². The van der Waals surface area contributed by atoms with E-state index in [2.05, 4.69) is 5.32 Å². The maximum Gasteiger partial charge on any atom is 0.320 e. The molecule has 3 nitrogen and oxygen atoms in total. The number of benzene rings is 1. The number of carboxylic acid groups (broad SMARTS) is 1. The third-order valence-corrected chi connectivity index (χ3v) is 3.31. The Bertz CT molecular complexity index is 394. The molecule has 0 aliphatic carbocycles. The van der Waals surface area contributed by atoms with Gasteiger partial charge in [0.15, 0.2) is 0 Å². The lowest BCUT2D eigenvalue weighted by Crippen LogP contribution is -2.42. The zero-order valence-corrected chi connectivity index (χ0v) is 9.57. The lowest BCUT2D eigenvalue weighted by Gasteiger charge is -2.29. The molecule has 1 aliphatic rings. The first-order valence-electron chi connectivity index (χ1n) is 5.42. The summed E-state index contributed by atoms with van der Waals surface area (Å²) < 4.78 is 0. The lowest BCUT2D eigenvalue weighted by atomic mass is 9.93. The van der Waals surface area contributed by atoms with Gasteiger partial charge in [-0.2, -0.15) is 0 Å². The zero-order chi connectivity index (χ0) is 11.5. The minimum atomic E-state index is -0.781. The predicted molar refractivity (Wildman–Crippen MR) is 62.6 cm³/mol. The van der Waals surface area contributed by atoms with Crippen LogP contribution in [0.5, 0.6) is 0 Å². The summed E-state index contributed by atoms with van der Waals surface area (Å²) in [5, 5.41) is 12.8. The fourth-order valence-corrected chi connectivity index (χ4v) is 2.40. The van der Waals surface area contributed by atoms with E-state index in [1.807, 2.05) is 24.3 Å². The quantitative estimate of drug-likeness (QED) is 0.834. The Balaban J connectivity index is 2.16. The summed E-state index contributed by atoms with van der Waals surface area (Å²) in [6.07, 6.45) is 2.55. The van der Waals surface area contributed by atoms with E-state index in [9.17, 15) is 4.79 Å². The average Bonchev–Trinajstić information content (AvgIpc) is 2.30. The fourth-order valence-electron chi connectivity index (χ4n) is 2.13. The lowest BCUT2D eigenvalue weighted by molar-refractivity contribution is -0.140. The van der Waals surface area contributed by atoms with Crippen molar-refractivity contribution in [1.29, 1.82) is 0 Å². The van der Waals surface area contributed by atoms with Gasteiger partial charge in [0.25, 0.3) is 0 Å². The molecule has 0 aromatic heterocycles. The highest BCUT2D eigenvalue weighted by Gasteiger charge is 2.27. The summed E-state index contributed by atoms with van der Waals surface area (Å²) in [4.78, 5) is 10.9. The van der Waals surface area contributed by atoms with Crippen LogP contribution in [0, 0.1) is 0 Å². The van der Waals surface area contributed by atoms with E-state index in [-0.39, 0.29) is 6.04 Å². The Morgan fingerprint density at radius 3 is 2.81 bits per heavy atom. The third kappa shape index (κ3) is 2.36. The second-order valence-electron chi connectivity index (χ2n) is 4.06. The first kappa shape index (κ1) is 11.4. The van der Waals surface area contributed by atoms with Crippen molar-refractivity contribution in [1.82, 2.24) is 5.32 Å². The molecule has 1 aromatic rings. The molecule has 0 amide bonds. The molecular formula is C12H14ClNO2. The molecular weight excluding hydrogens is 226 g/mol. The Kier molecular flexibility index (Phi) is 3.46. The third-order valence-electron chi connectivity index (χ3n) is 2.97. The number of nitrogens with one attached hydrogen (secondary N) is 1. The molecule has 1 aromatic carbocycles. The van der Waals surface area contributed by atoms with Crippen LogP contribution < -0.4 is 5.32 Å². The molecule has 16 heavy (non-hydrogen) atoms. The molecule has 2 unspecified atom stereocenters. The molecule has 0 saturated carbocycles. The van der Waals surface area contributed by atoms with E-state index in [0.717, 1.165) is 18.4 Å². The number of aliphatic carboxylic acids is 1. The first-order chi connectivity index (χ1) is 7.68. The fraction of sp³-hybridized carbons (Fsp3) is 0.417. The van der Waals surface area contributed by atoms with Crippen LogP contribution in [-0.2, 0) is 4.79 Å². The maximum absolute atomic E-state index is 10.9. The molecule has 1 heterocycles. The van der Waals surface area contributed by atoms with E-state index in [0.29, 0.717) is 11.4 Å². The van der Waals surface area contributed by atoms with Gasteiger partial charge in [-0.05, 0) is 30.9 Å². The van der Waals surface area contributed by atoms with Gasteiger partial charge in [0, 0.05) is 11.1 Å². The summed E-state index contributed by atoms with van der Waals surface area (Å²) in [5.41, 5.74) is 0.995. The maximum atomic E-state index is 10.9. The van der Waals surface area contributed by atoms with Gasteiger partial charge in [0.05, 0.1) is 0 Å². The summed E-state index contributed by atoms with van der Waals surface area (Å²) in [5.74, 6) is -0.781. The number of hydrogen-bond donors (Lipinski definition) is 2. The van der Waals surface area contributed by atoms with E-state index >= 15 is 0 Å². The van der Waals surface area contributed by atoms with E-state index in [1.54, 1.807) is 0 Å². The largest absolute Gasteiger partial charge is 0.480 e. The molecule has 2 rings (SSSR count). The number of rotatable bonds is 2. The van der Waals surface area contributed by atoms with Crippen molar-refractivity contribution in [3.8, 4) is 0 Å². The van der Waals surface area contributed by atoms with Crippen molar-refractivity contribution in [2.75, 3.05) is 0 Å². The van der Waals surface area contributed by atoms with E-state index in [4.69, 9.17) is 16.7 Å². The van der Waals surface area contributed by atoms with E-state index in [1.165, 1.54) is 0 Å². The van der Waals surface area contributed by atoms with Gasteiger partial charge in [-0.1, -0.05) is 29.8 Å². The van der Waals surface area contributed by atoms with Crippen LogP contribution in [0.4, 0.5) is 0 Å². The Labute approximate surface area is 99.4 Å². The zero-order valence-electron chi connectivity index (χ0n) is 8.82. The van der Waals surface area contributed by atoms with Gasteiger partial charge >= 0.3 is 5.97 Å². The molecule has 86 valence electrons. The highest BCUT2D eigenvalue weighted by molar-refractivity contribution is 6.31. The van der Waals surface area contributed by atoms with Crippen molar-refractivity contribution in [2.24, 2.45) is 0 Å². The molecule has 1 fully saturated rings. The van der Waals surface area contributed by atoms with Crippen LogP contribution in [0.3, 0.4) is 0 Å². The van der Waals surface area contributed by atoms with Crippen LogP contribution in [0.1, 0.15) is 30.9 Å². The van der Waals surface area contributed by atoms with Gasteiger partial charge in [0.2, 0.25) is 0 Å². The Hall–Kier alpha value is -1.06. The topological polar surface area (TPSA) is 49.3 Å².